The molecule has 4 rings (SSSR count). The van der Waals surface area contributed by atoms with Crippen molar-refractivity contribution in [3.05, 3.63) is 79.0 Å². The van der Waals surface area contributed by atoms with Crippen LogP contribution in [-0.2, 0) is 27.8 Å². The number of sulfonamides is 1. The van der Waals surface area contributed by atoms with Crippen molar-refractivity contribution in [2.75, 3.05) is 53.5 Å². The van der Waals surface area contributed by atoms with Crippen LogP contribution in [0.2, 0.25) is 5.02 Å². The van der Waals surface area contributed by atoms with E-state index >= 15 is 0 Å². The van der Waals surface area contributed by atoms with Gasteiger partial charge in [0, 0.05) is 30.6 Å². The number of rotatable bonds is 15. The Morgan fingerprint density at radius 1 is 1.07 bits per heavy atom. The second kappa shape index (κ2) is 15.2. The number of halogens is 1. The Morgan fingerprint density at radius 3 is 2.43 bits per heavy atom. The minimum absolute atomic E-state index is 0.0616. The number of hydrogen-bond donors (Lipinski definition) is 0. The summed E-state index contributed by atoms with van der Waals surface area (Å²) in [6, 6.07) is 10.9. The maximum absolute atomic E-state index is 14.0. The van der Waals surface area contributed by atoms with Gasteiger partial charge in [-0.1, -0.05) is 17.7 Å². The number of methoxy groups -OCH3 is 2. The van der Waals surface area contributed by atoms with Crippen LogP contribution in [0.1, 0.15) is 28.8 Å². The molecule has 0 N–H and O–H groups in total. The fourth-order valence-corrected chi connectivity index (χ4v) is 7.58. The van der Waals surface area contributed by atoms with Gasteiger partial charge >= 0.3 is 0 Å². The van der Waals surface area contributed by atoms with Crippen LogP contribution >= 0.6 is 22.9 Å². The molecular formula is C30H37ClN4O7S2. The van der Waals surface area contributed by atoms with E-state index in [1.807, 2.05) is 36.6 Å². The van der Waals surface area contributed by atoms with Crippen LogP contribution in [0.4, 0.5) is 5.69 Å². The lowest BCUT2D eigenvalue weighted by molar-refractivity contribution is -0.384. The van der Waals surface area contributed by atoms with Crippen LogP contribution in [0.25, 0.3) is 0 Å². The third-order valence-corrected chi connectivity index (χ3v) is 10.9. The van der Waals surface area contributed by atoms with Gasteiger partial charge in [0.2, 0.25) is 15.9 Å². The van der Waals surface area contributed by atoms with Gasteiger partial charge in [-0.2, -0.15) is 4.31 Å². The van der Waals surface area contributed by atoms with E-state index in [2.05, 4.69) is 4.90 Å². The number of hydrogen-bond acceptors (Lipinski definition) is 9. The maximum atomic E-state index is 14.0. The summed E-state index contributed by atoms with van der Waals surface area (Å²) in [4.78, 5) is 29.3. The lowest BCUT2D eigenvalue weighted by atomic mass is 10.1. The van der Waals surface area contributed by atoms with Crippen molar-refractivity contribution in [3.8, 4) is 11.5 Å². The van der Waals surface area contributed by atoms with Crippen molar-refractivity contribution in [2.24, 2.45) is 0 Å². The van der Waals surface area contributed by atoms with Crippen LogP contribution in [0.15, 0.2) is 52.7 Å². The van der Waals surface area contributed by atoms with Gasteiger partial charge in [-0.05, 0) is 86.1 Å². The van der Waals surface area contributed by atoms with E-state index < -0.39 is 27.2 Å². The highest BCUT2D eigenvalue weighted by Gasteiger charge is 2.31. The summed E-state index contributed by atoms with van der Waals surface area (Å²) in [6.07, 6.45) is 2.55. The largest absolute Gasteiger partial charge is 0.493 e. The molecule has 0 saturated carbocycles. The Balaban J connectivity index is 1.61. The second-order valence-electron chi connectivity index (χ2n) is 10.5. The molecule has 2 aromatic carbocycles. The molecule has 0 unspecified atom stereocenters. The molecule has 3 aromatic rings. The Morgan fingerprint density at radius 2 is 1.80 bits per heavy atom. The lowest BCUT2D eigenvalue weighted by Crippen LogP contribution is -2.45. The molecule has 0 bridgehead atoms. The molecule has 0 aliphatic carbocycles. The fraction of sp³-hybridized carbons (Fsp3) is 0.433. The van der Waals surface area contributed by atoms with Gasteiger partial charge in [-0.15, -0.1) is 11.3 Å². The predicted octanol–water partition coefficient (Wildman–Crippen LogP) is 4.99. The van der Waals surface area contributed by atoms with E-state index in [1.54, 1.807) is 19.1 Å². The number of nitro groups is 1. The molecule has 1 aromatic heterocycles. The molecule has 1 saturated heterocycles. The number of carbonyl (C=O) groups excluding carboxylic acids is 1. The van der Waals surface area contributed by atoms with Crippen molar-refractivity contribution >= 4 is 44.6 Å². The number of aryl methyl sites for hydroxylation is 1. The molecule has 0 spiro atoms. The standard InChI is InChI=1S/C30H37ClN4O7S2/c1-22-11-17-43-29(22)20-33(14-10-23-6-9-27(41-2)28(18-23)42-3)30(36)21-34(16-15-32-12-4-5-13-32)44(39,40)24-7-8-25(31)26(19-24)35(37)38/h6-9,11,17-19H,4-5,10,12-16,20-21H2,1-3H3. The number of likely N-dealkylation sites (tertiary alicyclic amines) is 1. The van der Waals surface area contributed by atoms with Gasteiger partial charge in [0.25, 0.3) is 5.69 Å². The number of nitro benzene ring substituents is 1. The van der Waals surface area contributed by atoms with E-state index in [-0.39, 0.29) is 22.4 Å². The summed E-state index contributed by atoms with van der Waals surface area (Å²) in [6.45, 7) is 4.42. The summed E-state index contributed by atoms with van der Waals surface area (Å²) in [5, 5.41) is 13.3. The first kappa shape index (κ1) is 33.7. The van der Waals surface area contributed by atoms with E-state index in [0.717, 1.165) is 52.3 Å². The van der Waals surface area contributed by atoms with Crippen LogP contribution in [0.3, 0.4) is 0 Å². The molecule has 1 aliphatic rings. The number of benzene rings is 2. The Bertz CT molecular complexity index is 1580. The molecule has 1 amide bonds. The van der Waals surface area contributed by atoms with Crippen LogP contribution in [0, 0.1) is 17.0 Å². The molecular weight excluding hydrogens is 628 g/mol. The van der Waals surface area contributed by atoms with Gasteiger partial charge < -0.3 is 19.3 Å². The summed E-state index contributed by atoms with van der Waals surface area (Å²) >= 11 is 7.50. The van der Waals surface area contributed by atoms with E-state index in [9.17, 15) is 23.3 Å². The molecule has 0 radical (unpaired) electrons. The van der Waals surface area contributed by atoms with Gasteiger partial charge in [-0.25, -0.2) is 8.42 Å². The zero-order chi connectivity index (χ0) is 31.9. The average molecular weight is 665 g/mol. The quantitative estimate of drug-likeness (QED) is 0.164. The number of nitrogens with zero attached hydrogens (tertiary/aromatic N) is 4. The van der Waals surface area contributed by atoms with Gasteiger partial charge in [0.15, 0.2) is 11.5 Å². The van der Waals surface area contributed by atoms with E-state index in [1.165, 1.54) is 23.5 Å². The van der Waals surface area contributed by atoms with Crippen LogP contribution in [0.5, 0.6) is 11.5 Å². The third-order valence-electron chi connectivity index (χ3n) is 7.70. The molecule has 1 aliphatic heterocycles. The topological polar surface area (TPSA) is 123 Å². The Hall–Kier alpha value is -3.23. The summed E-state index contributed by atoms with van der Waals surface area (Å²) < 4.78 is 39.7. The number of carbonyl (C=O) groups is 1. The van der Waals surface area contributed by atoms with Gasteiger partial charge in [0.05, 0.1) is 37.1 Å². The molecule has 238 valence electrons. The van der Waals surface area contributed by atoms with E-state index in [0.29, 0.717) is 37.6 Å². The van der Waals surface area contributed by atoms with Crippen molar-refractivity contribution in [2.45, 2.75) is 37.6 Å². The zero-order valence-corrected chi connectivity index (χ0v) is 27.4. The van der Waals surface area contributed by atoms with Crippen molar-refractivity contribution in [1.29, 1.82) is 0 Å². The molecule has 11 nitrogen and oxygen atoms in total. The highest BCUT2D eigenvalue weighted by molar-refractivity contribution is 7.89. The SMILES string of the molecule is COc1ccc(CCN(Cc2sccc2C)C(=O)CN(CCN2CCCC2)S(=O)(=O)c2ccc(Cl)c([N+](=O)[O-])c2)cc1OC. The minimum atomic E-state index is -4.28. The normalized spacial score (nSPS) is 13.8. The van der Waals surface area contributed by atoms with Gasteiger partial charge in [-0.3, -0.25) is 14.9 Å². The zero-order valence-electron chi connectivity index (χ0n) is 25.0. The second-order valence-corrected chi connectivity index (χ2v) is 13.9. The summed E-state index contributed by atoms with van der Waals surface area (Å²) in [7, 11) is -1.16. The summed E-state index contributed by atoms with van der Waals surface area (Å²) in [5.41, 5.74) is 1.46. The van der Waals surface area contributed by atoms with Crippen molar-refractivity contribution in [3.63, 3.8) is 0 Å². The van der Waals surface area contributed by atoms with Gasteiger partial charge in [0.1, 0.15) is 5.02 Å². The monoisotopic (exact) mass is 664 g/mol. The Labute approximate surface area is 267 Å². The minimum Gasteiger partial charge on any atom is -0.493 e. The smallest absolute Gasteiger partial charge is 0.289 e. The first-order valence-corrected chi connectivity index (χ1v) is 16.9. The molecule has 14 heteroatoms. The first-order chi connectivity index (χ1) is 21.0. The van der Waals surface area contributed by atoms with E-state index in [4.69, 9.17) is 21.1 Å². The Kier molecular flexibility index (Phi) is 11.6. The highest BCUT2D eigenvalue weighted by Crippen LogP contribution is 2.30. The molecule has 1 fully saturated rings. The maximum Gasteiger partial charge on any atom is 0.289 e. The summed E-state index contributed by atoms with van der Waals surface area (Å²) in [5.74, 6) is 0.805. The van der Waals surface area contributed by atoms with Crippen molar-refractivity contribution < 1.29 is 27.6 Å². The fourth-order valence-electron chi connectivity index (χ4n) is 5.07. The molecule has 44 heavy (non-hydrogen) atoms. The number of amides is 1. The number of thiophene rings is 1. The number of ether oxygens (including phenoxy) is 2. The van der Waals surface area contributed by atoms with Crippen LogP contribution < -0.4 is 9.47 Å². The van der Waals surface area contributed by atoms with Crippen molar-refractivity contribution in [1.82, 2.24) is 14.1 Å². The average Bonchev–Trinajstić information content (AvgIpc) is 3.68. The third kappa shape index (κ3) is 8.27. The molecule has 2 heterocycles. The predicted molar refractivity (Wildman–Crippen MR) is 170 cm³/mol. The highest BCUT2D eigenvalue weighted by atomic mass is 35.5. The molecule has 0 atom stereocenters. The van der Waals surface area contributed by atoms with Crippen LogP contribution in [-0.4, -0.2) is 86.8 Å². The first-order valence-electron chi connectivity index (χ1n) is 14.2. The lowest BCUT2D eigenvalue weighted by Gasteiger charge is -2.28.